The molecular formula is C28H29Cl2NO5. The van der Waals surface area contributed by atoms with Crippen molar-refractivity contribution in [2.24, 2.45) is 0 Å². The second kappa shape index (κ2) is 12.0. The smallest absolute Gasteiger partial charge is 0.249 e. The number of carbonyl (C=O) groups excluding carboxylic acids is 1. The SMILES string of the molecule is COc1ccc(COCC(C)N2C(=O)COC(c3cccc(Cl)c3)C2c2ccc(Cl)cc2)cc1OC. The third-order valence-electron chi connectivity index (χ3n) is 6.20. The van der Waals surface area contributed by atoms with Gasteiger partial charge in [-0.1, -0.05) is 53.5 Å². The third-order valence-corrected chi connectivity index (χ3v) is 6.69. The van der Waals surface area contributed by atoms with Crippen LogP contribution in [-0.2, 0) is 20.9 Å². The number of methoxy groups -OCH3 is 2. The number of hydrogen-bond acceptors (Lipinski definition) is 5. The molecule has 1 heterocycles. The molecule has 1 amide bonds. The molecule has 190 valence electrons. The molecule has 0 N–H and O–H groups in total. The number of nitrogens with zero attached hydrogens (tertiary/aromatic N) is 1. The van der Waals surface area contributed by atoms with E-state index in [0.29, 0.717) is 34.8 Å². The molecule has 4 rings (SSSR count). The summed E-state index contributed by atoms with van der Waals surface area (Å²) in [5.74, 6) is 1.20. The van der Waals surface area contributed by atoms with Gasteiger partial charge >= 0.3 is 0 Å². The number of benzene rings is 3. The van der Waals surface area contributed by atoms with Gasteiger partial charge in [0.05, 0.1) is 39.5 Å². The molecule has 0 radical (unpaired) electrons. The Morgan fingerprint density at radius 3 is 2.39 bits per heavy atom. The number of morpholine rings is 1. The fourth-order valence-electron chi connectivity index (χ4n) is 4.50. The highest BCUT2D eigenvalue weighted by Crippen LogP contribution is 2.42. The number of carbonyl (C=O) groups is 1. The van der Waals surface area contributed by atoms with Crippen molar-refractivity contribution in [3.8, 4) is 11.5 Å². The van der Waals surface area contributed by atoms with Crippen molar-refractivity contribution in [2.45, 2.75) is 31.7 Å². The predicted molar refractivity (Wildman–Crippen MR) is 140 cm³/mol. The van der Waals surface area contributed by atoms with Gasteiger partial charge in [-0.15, -0.1) is 0 Å². The van der Waals surface area contributed by atoms with Crippen LogP contribution in [0.15, 0.2) is 66.7 Å². The van der Waals surface area contributed by atoms with Crippen LogP contribution in [-0.4, -0.2) is 44.3 Å². The minimum Gasteiger partial charge on any atom is -0.493 e. The molecule has 3 aromatic carbocycles. The normalized spacial score (nSPS) is 18.7. The first kappa shape index (κ1) is 26.3. The summed E-state index contributed by atoms with van der Waals surface area (Å²) in [4.78, 5) is 15.0. The maximum atomic E-state index is 13.2. The summed E-state index contributed by atoms with van der Waals surface area (Å²) >= 11 is 12.4. The first-order valence-electron chi connectivity index (χ1n) is 11.6. The van der Waals surface area contributed by atoms with E-state index in [1.54, 1.807) is 14.2 Å². The van der Waals surface area contributed by atoms with Crippen molar-refractivity contribution in [3.05, 3.63) is 93.5 Å². The van der Waals surface area contributed by atoms with Crippen LogP contribution >= 0.6 is 23.2 Å². The quantitative estimate of drug-likeness (QED) is 0.327. The lowest BCUT2D eigenvalue weighted by atomic mass is 9.91. The summed E-state index contributed by atoms with van der Waals surface area (Å²) in [6.45, 7) is 2.66. The summed E-state index contributed by atoms with van der Waals surface area (Å²) in [5.41, 5.74) is 2.77. The standard InChI is InChI=1S/C28H29Cl2NO5/c1-18(15-35-16-19-7-12-24(33-2)25(13-19)34-3)31-26(32)17-36-28(21-5-4-6-23(30)14-21)27(31)20-8-10-22(29)11-9-20/h4-14,18,27-28H,15-17H2,1-3H3. The fourth-order valence-corrected chi connectivity index (χ4v) is 4.83. The Labute approximate surface area is 221 Å². The lowest BCUT2D eigenvalue weighted by molar-refractivity contribution is -0.165. The van der Waals surface area contributed by atoms with Crippen LogP contribution in [0, 0.1) is 0 Å². The van der Waals surface area contributed by atoms with Crippen LogP contribution in [0.1, 0.15) is 35.8 Å². The molecule has 3 unspecified atom stereocenters. The van der Waals surface area contributed by atoms with E-state index in [1.165, 1.54) is 0 Å². The average molecular weight is 530 g/mol. The van der Waals surface area contributed by atoms with Gasteiger partial charge in [-0.25, -0.2) is 0 Å². The van der Waals surface area contributed by atoms with Crippen molar-refractivity contribution >= 4 is 29.1 Å². The lowest BCUT2D eigenvalue weighted by Gasteiger charge is -2.44. The highest BCUT2D eigenvalue weighted by molar-refractivity contribution is 6.30. The van der Waals surface area contributed by atoms with Gasteiger partial charge in [-0.3, -0.25) is 4.79 Å². The molecule has 6 nitrogen and oxygen atoms in total. The Morgan fingerprint density at radius 1 is 0.944 bits per heavy atom. The Balaban J connectivity index is 1.56. The second-order valence-electron chi connectivity index (χ2n) is 8.64. The van der Waals surface area contributed by atoms with Crippen LogP contribution < -0.4 is 9.47 Å². The maximum absolute atomic E-state index is 13.2. The number of hydrogen-bond donors (Lipinski definition) is 0. The summed E-state index contributed by atoms with van der Waals surface area (Å²) in [7, 11) is 3.20. The van der Waals surface area contributed by atoms with Crippen LogP contribution in [0.2, 0.25) is 10.0 Å². The molecular weight excluding hydrogens is 501 g/mol. The van der Waals surface area contributed by atoms with Crippen molar-refractivity contribution < 1.29 is 23.7 Å². The second-order valence-corrected chi connectivity index (χ2v) is 9.51. The van der Waals surface area contributed by atoms with Crippen molar-refractivity contribution in [2.75, 3.05) is 27.4 Å². The van der Waals surface area contributed by atoms with E-state index in [-0.39, 0.29) is 24.6 Å². The Bertz CT molecular complexity index is 1190. The number of halogens is 2. The summed E-state index contributed by atoms with van der Waals surface area (Å²) in [6, 6.07) is 20.1. The Kier molecular flexibility index (Phi) is 8.75. The van der Waals surface area contributed by atoms with Gasteiger partial charge in [0, 0.05) is 10.0 Å². The van der Waals surface area contributed by atoms with E-state index in [0.717, 1.165) is 16.7 Å². The molecule has 1 aliphatic rings. The molecule has 8 heteroatoms. The molecule has 3 aromatic rings. The molecule has 0 aliphatic carbocycles. The molecule has 0 saturated carbocycles. The minimum absolute atomic E-state index is 0.0265. The van der Waals surface area contributed by atoms with Gasteiger partial charge in [-0.2, -0.15) is 0 Å². The summed E-state index contributed by atoms with van der Waals surface area (Å²) < 4.78 is 22.8. The zero-order chi connectivity index (χ0) is 25.7. The highest BCUT2D eigenvalue weighted by atomic mass is 35.5. The van der Waals surface area contributed by atoms with Crippen LogP contribution in [0.3, 0.4) is 0 Å². The first-order chi connectivity index (χ1) is 17.4. The maximum Gasteiger partial charge on any atom is 0.249 e. The summed E-state index contributed by atoms with van der Waals surface area (Å²) in [5, 5.41) is 1.24. The van der Waals surface area contributed by atoms with E-state index < -0.39 is 6.10 Å². The largest absolute Gasteiger partial charge is 0.493 e. The molecule has 0 bridgehead atoms. The molecule has 0 spiro atoms. The molecule has 1 fully saturated rings. The van der Waals surface area contributed by atoms with Gasteiger partial charge in [0.2, 0.25) is 5.91 Å². The van der Waals surface area contributed by atoms with Gasteiger partial charge in [0.1, 0.15) is 12.7 Å². The topological polar surface area (TPSA) is 57.2 Å². The van der Waals surface area contributed by atoms with E-state index in [4.69, 9.17) is 42.1 Å². The zero-order valence-electron chi connectivity index (χ0n) is 20.4. The van der Waals surface area contributed by atoms with Crippen LogP contribution in [0.5, 0.6) is 11.5 Å². The zero-order valence-corrected chi connectivity index (χ0v) is 22.0. The fraction of sp³-hybridized carbons (Fsp3) is 0.321. The molecule has 1 aliphatic heterocycles. The number of amides is 1. The average Bonchev–Trinajstić information content (AvgIpc) is 2.88. The highest BCUT2D eigenvalue weighted by Gasteiger charge is 2.41. The summed E-state index contributed by atoms with van der Waals surface area (Å²) in [6.07, 6.45) is -0.393. The lowest BCUT2D eigenvalue weighted by Crippen LogP contribution is -2.51. The van der Waals surface area contributed by atoms with Gasteiger partial charge < -0.3 is 23.8 Å². The van der Waals surface area contributed by atoms with E-state index in [9.17, 15) is 4.79 Å². The number of ether oxygens (including phenoxy) is 4. The van der Waals surface area contributed by atoms with Crippen LogP contribution in [0.25, 0.3) is 0 Å². The Morgan fingerprint density at radius 2 is 1.69 bits per heavy atom. The molecule has 36 heavy (non-hydrogen) atoms. The Hall–Kier alpha value is -2.77. The molecule has 3 atom stereocenters. The van der Waals surface area contributed by atoms with E-state index in [1.807, 2.05) is 78.6 Å². The van der Waals surface area contributed by atoms with Gasteiger partial charge in [0.25, 0.3) is 0 Å². The van der Waals surface area contributed by atoms with E-state index >= 15 is 0 Å². The third kappa shape index (κ3) is 5.95. The van der Waals surface area contributed by atoms with Crippen molar-refractivity contribution in [1.29, 1.82) is 0 Å². The van der Waals surface area contributed by atoms with Crippen molar-refractivity contribution in [1.82, 2.24) is 4.90 Å². The monoisotopic (exact) mass is 529 g/mol. The minimum atomic E-state index is -0.393. The van der Waals surface area contributed by atoms with Crippen LogP contribution in [0.4, 0.5) is 0 Å². The predicted octanol–water partition coefficient (Wildman–Crippen LogP) is 6.26. The first-order valence-corrected chi connectivity index (χ1v) is 12.4. The molecule has 1 saturated heterocycles. The van der Waals surface area contributed by atoms with E-state index in [2.05, 4.69) is 0 Å². The number of rotatable bonds is 9. The van der Waals surface area contributed by atoms with Crippen molar-refractivity contribution in [3.63, 3.8) is 0 Å². The molecule has 0 aromatic heterocycles. The van der Waals surface area contributed by atoms with Gasteiger partial charge in [-0.05, 0) is 60.0 Å². The van der Waals surface area contributed by atoms with Gasteiger partial charge in [0.15, 0.2) is 11.5 Å².